The lowest BCUT2D eigenvalue weighted by Gasteiger charge is -2.26. The van der Waals surface area contributed by atoms with Crippen LogP contribution < -0.4 is 10.2 Å². The molecule has 6 heteroatoms. The van der Waals surface area contributed by atoms with E-state index in [1.54, 1.807) is 18.2 Å². The molecule has 0 bridgehead atoms. The summed E-state index contributed by atoms with van der Waals surface area (Å²) in [6.45, 7) is 5.87. The van der Waals surface area contributed by atoms with Crippen LogP contribution in [0.2, 0.25) is 0 Å². The number of carbonyl (C=O) groups is 1. The van der Waals surface area contributed by atoms with E-state index in [4.69, 9.17) is 0 Å². The minimum absolute atomic E-state index is 0.0764. The van der Waals surface area contributed by atoms with E-state index in [9.17, 15) is 9.00 Å². The van der Waals surface area contributed by atoms with Gasteiger partial charge in [0.25, 0.3) is 0 Å². The SMILES string of the molecule is Cc1cc(N(C)C)cc(C)c1NC(=O)N(C)[C@H](C)C[S@@](C)=O. The zero-order valence-corrected chi connectivity index (χ0v) is 15.4. The van der Waals surface area contributed by atoms with E-state index in [-0.39, 0.29) is 12.1 Å². The molecule has 0 radical (unpaired) electrons. The lowest BCUT2D eigenvalue weighted by Crippen LogP contribution is -2.41. The Bertz CT molecular complexity index is 550. The van der Waals surface area contributed by atoms with Gasteiger partial charge in [-0.1, -0.05) is 0 Å². The van der Waals surface area contributed by atoms with Crippen molar-refractivity contribution in [2.24, 2.45) is 0 Å². The van der Waals surface area contributed by atoms with Crippen molar-refractivity contribution in [3.8, 4) is 0 Å². The quantitative estimate of drug-likeness (QED) is 0.905. The second-order valence-electron chi connectivity index (χ2n) is 5.98. The van der Waals surface area contributed by atoms with Crippen LogP contribution in [0.5, 0.6) is 0 Å². The van der Waals surface area contributed by atoms with Gasteiger partial charge in [0.15, 0.2) is 0 Å². The number of amides is 2. The number of rotatable bonds is 5. The third kappa shape index (κ3) is 4.73. The average Bonchev–Trinajstić information content (AvgIpc) is 2.40. The van der Waals surface area contributed by atoms with Crippen LogP contribution in [0.4, 0.5) is 16.2 Å². The minimum atomic E-state index is -0.924. The molecule has 0 unspecified atom stereocenters. The molecule has 0 fully saturated rings. The number of hydrogen-bond donors (Lipinski definition) is 1. The van der Waals surface area contributed by atoms with Crippen LogP contribution in [-0.4, -0.2) is 54.3 Å². The molecule has 2 amide bonds. The molecule has 22 heavy (non-hydrogen) atoms. The molecule has 5 nitrogen and oxygen atoms in total. The molecule has 0 aliphatic rings. The number of anilines is 2. The van der Waals surface area contributed by atoms with Gasteiger partial charge in [-0.15, -0.1) is 0 Å². The van der Waals surface area contributed by atoms with E-state index < -0.39 is 10.8 Å². The van der Waals surface area contributed by atoms with Gasteiger partial charge in [-0.3, -0.25) is 4.21 Å². The molecule has 1 aromatic rings. The maximum absolute atomic E-state index is 12.4. The Hall–Kier alpha value is -1.56. The summed E-state index contributed by atoms with van der Waals surface area (Å²) in [4.78, 5) is 16.0. The van der Waals surface area contributed by atoms with Gasteiger partial charge in [-0.05, 0) is 44.0 Å². The van der Waals surface area contributed by atoms with Gasteiger partial charge >= 0.3 is 6.03 Å². The minimum Gasteiger partial charge on any atom is -0.378 e. The first kappa shape index (κ1) is 18.5. The van der Waals surface area contributed by atoms with Gasteiger partial charge in [0.05, 0.1) is 0 Å². The first-order valence-electron chi connectivity index (χ1n) is 7.26. The highest BCUT2D eigenvalue weighted by atomic mass is 32.2. The highest BCUT2D eigenvalue weighted by Crippen LogP contribution is 2.26. The van der Waals surface area contributed by atoms with Crippen LogP contribution >= 0.6 is 0 Å². The van der Waals surface area contributed by atoms with E-state index in [1.165, 1.54) is 0 Å². The molecule has 0 saturated carbocycles. The Balaban J connectivity index is 2.90. The van der Waals surface area contributed by atoms with E-state index in [1.807, 2.05) is 51.9 Å². The Morgan fingerprint density at radius 3 is 2.14 bits per heavy atom. The predicted octanol–water partition coefficient (Wildman–Crippen LogP) is 2.60. The highest BCUT2D eigenvalue weighted by Gasteiger charge is 2.18. The fraction of sp³-hybridized carbons (Fsp3) is 0.562. The van der Waals surface area contributed by atoms with Crippen LogP contribution in [0.15, 0.2) is 12.1 Å². The molecular formula is C16H27N3O2S. The Labute approximate surface area is 136 Å². The number of benzene rings is 1. The van der Waals surface area contributed by atoms with Crippen LogP contribution in [0.1, 0.15) is 18.1 Å². The maximum atomic E-state index is 12.4. The second kappa shape index (κ2) is 7.63. The maximum Gasteiger partial charge on any atom is 0.321 e. The summed E-state index contributed by atoms with van der Waals surface area (Å²) in [5.41, 5.74) is 4.00. The highest BCUT2D eigenvalue weighted by molar-refractivity contribution is 7.84. The van der Waals surface area contributed by atoms with Crippen molar-refractivity contribution in [2.45, 2.75) is 26.8 Å². The molecular weight excluding hydrogens is 298 g/mol. The molecule has 0 heterocycles. The van der Waals surface area contributed by atoms with Crippen molar-refractivity contribution in [1.82, 2.24) is 4.90 Å². The van der Waals surface area contributed by atoms with Crippen LogP contribution in [0.3, 0.4) is 0 Å². The van der Waals surface area contributed by atoms with Gasteiger partial charge in [0.2, 0.25) is 0 Å². The molecule has 0 aromatic heterocycles. The Kier molecular flexibility index (Phi) is 6.41. The van der Waals surface area contributed by atoms with Gasteiger partial charge < -0.3 is 15.1 Å². The molecule has 0 aliphatic heterocycles. The Morgan fingerprint density at radius 1 is 1.23 bits per heavy atom. The predicted molar refractivity (Wildman–Crippen MR) is 95.4 cm³/mol. The van der Waals surface area contributed by atoms with Crippen molar-refractivity contribution in [3.05, 3.63) is 23.3 Å². The summed E-state index contributed by atoms with van der Waals surface area (Å²) < 4.78 is 11.3. The summed E-state index contributed by atoms with van der Waals surface area (Å²) in [6.07, 6.45) is 1.65. The zero-order chi connectivity index (χ0) is 17.0. The fourth-order valence-corrected chi connectivity index (χ4v) is 3.15. The molecule has 2 atom stereocenters. The number of urea groups is 1. The van der Waals surface area contributed by atoms with Crippen molar-refractivity contribution < 1.29 is 9.00 Å². The van der Waals surface area contributed by atoms with Crippen LogP contribution in [0.25, 0.3) is 0 Å². The van der Waals surface area contributed by atoms with Gasteiger partial charge in [-0.2, -0.15) is 0 Å². The zero-order valence-electron chi connectivity index (χ0n) is 14.6. The second-order valence-corrected chi connectivity index (χ2v) is 7.46. The first-order chi connectivity index (χ1) is 10.1. The molecule has 1 rings (SSSR count). The van der Waals surface area contributed by atoms with Gasteiger partial charge in [0, 0.05) is 61.4 Å². The molecule has 1 N–H and O–H groups in total. The Morgan fingerprint density at radius 2 is 1.73 bits per heavy atom. The number of nitrogens with one attached hydrogen (secondary N) is 1. The third-order valence-electron chi connectivity index (χ3n) is 3.72. The standard InChI is InChI=1S/C16H27N3O2S/c1-11-8-14(18(4)5)9-12(2)15(11)17-16(20)19(6)13(3)10-22(7)21/h8-9,13H,10H2,1-7H3,(H,17,20)/t13-,22-/m1/s1. The summed E-state index contributed by atoms with van der Waals surface area (Å²) in [5.74, 6) is 0.474. The van der Waals surface area contributed by atoms with Gasteiger partial charge in [0.1, 0.15) is 0 Å². The summed E-state index contributed by atoms with van der Waals surface area (Å²) in [7, 11) is 4.79. The third-order valence-corrected chi connectivity index (χ3v) is 4.68. The number of nitrogens with zero attached hydrogens (tertiary/aromatic N) is 2. The van der Waals surface area contributed by atoms with Crippen molar-refractivity contribution in [3.63, 3.8) is 0 Å². The average molecular weight is 325 g/mol. The molecule has 0 spiro atoms. The first-order valence-corrected chi connectivity index (χ1v) is 8.98. The monoisotopic (exact) mass is 325 g/mol. The van der Waals surface area contributed by atoms with Gasteiger partial charge in [-0.25, -0.2) is 4.79 Å². The fourth-order valence-electron chi connectivity index (χ4n) is 2.24. The summed E-state index contributed by atoms with van der Waals surface area (Å²) >= 11 is 0. The van der Waals surface area contributed by atoms with E-state index in [0.29, 0.717) is 5.75 Å². The largest absolute Gasteiger partial charge is 0.378 e. The lowest BCUT2D eigenvalue weighted by molar-refractivity contribution is 0.212. The summed E-state index contributed by atoms with van der Waals surface area (Å²) in [5, 5.41) is 2.97. The van der Waals surface area contributed by atoms with Crippen molar-refractivity contribution >= 4 is 28.2 Å². The number of hydrogen-bond acceptors (Lipinski definition) is 3. The van der Waals surface area contributed by atoms with E-state index >= 15 is 0 Å². The van der Waals surface area contributed by atoms with Crippen molar-refractivity contribution in [1.29, 1.82) is 0 Å². The van der Waals surface area contributed by atoms with Crippen LogP contribution in [-0.2, 0) is 10.8 Å². The molecule has 0 saturated heterocycles. The van der Waals surface area contributed by atoms with Crippen molar-refractivity contribution in [2.75, 3.05) is 43.4 Å². The van der Waals surface area contributed by atoms with E-state index in [2.05, 4.69) is 5.32 Å². The smallest absolute Gasteiger partial charge is 0.321 e. The number of carbonyl (C=O) groups excluding carboxylic acids is 1. The molecule has 1 aromatic carbocycles. The lowest BCUT2D eigenvalue weighted by atomic mass is 10.1. The summed E-state index contributed by atoms with van der Waals surface area (Å²) in [6, 6.07) is 3.84. The van der Waals surface area contributed by atoms with Crippen LogP contribution in [0, 0.1) is 13.8 Å². The molecule has 0 aliphatic carbocycles. The normalized spacial score (nSPS) is 13.4. The van der Waals surface area contributed by atoms with E-state index in [0.717, 1.165) is 22.5 Å². The number of aryl methyl sites for hydroxylation is 2. The topological polar surface area (TPSA) is 52.7 Å². The molecule has 124 valence electrons.